The van der Waals surface area contributed by atoms with Crippen LogP contribution in [0, 0.1) is 0 Å². The van der Waals surface area contributed by atoms with Crippen LogP contribution in [0.5, 0.6) is 0 Å². The van der Waals surface area contributed by atoms with Gasteiger partial charge in [0.2, 0.25) is 10.0 Å². The number of hydrogen-bond acceptors (Lipinski definition) is 3. The Labute approximate surface area is 116 Å². The molecule has 2 rings (SSSR count). The van der Waals surface area contributed by atoms with Gasteiger partial charge in [0.15, 0.2) is 0 Å². The lowest BCUT2D eigenvalue weighted by atomic mass is 9.92. The molecule has 1 fully saturated rings. The maximum Gasteiger partial charge on any atom is 0.241 e. The predicted molar refractivity (Wildman–Crippen MR) is 74.7 cm³/mol. The first-order valence-electron chi connectivity index (χ1n) is 6.03. The Morgan fingerprint density at radius 1 is 1.22 bits per heavy atom. The van der Waals surface area contributed by atoms with Gasteiger partial charge >= 0.3 is 0 Å². The highest BCUT2D eigenvalue weighted by molar-refractivity contribution is 9.10. The molecule has 0 aromatic heterocycles. The third-order valence-electron chi connectivity index (χ3n) is 3.25. The highest BCUT2D eigenvalue weighted by Crippen LogP contribution is 2.23. The molecule has 1 saturated carbocycles. The molecule has 3 N–H and O–H groups in total. The number of nitrogens with one attached hydrogen (secondary N) is 1. The smallest absolute Gasteiger partial charge is 0.241 e. The standard InChI is InChI=1S/C12H17BrN2O2S/c13-9-5-1-4-8-12(9)18(16,17)15-11-7-3-2-6-10(11)14/h1,4-5,8,10-11,15H,2-3,6-7,14H2/t10-,11-/m1/s1. The van der Waals surface area contributed by atoms with Gasteiger partial charge in [-0.05, 0) is 40.9 Å². The lowest BCUT2D eigenvalue weighted by molar-refractivity contribution is 0.361. The lowest BCUT2D eigenvalue weighted by Gasteiger charge is -2.29. The van der Waals surface area contributed by atoms with Gasteiger partial charge in [0.1, 0.15) is 0 Å². The first-order valence-corrected chi connectivity index (χ1v) is 8.31. The summed E-state index contributed by atoms with van der Waals surface area (Å²) in [5, 5.41) is 0. The molecule has 4 nitrogen and oxygen atoms in total. The molecule has 1 aliphatic rings. The normalized spacial score (nSPS) is 25.0. The summed E-state index contributed by atoms with van der Waals surface area (Å²) in [6.45, 7) is 0. The van der Waals surface area contributed by atoms with Crippen LogP contribution in [0.4, 0.5) is 0 Å². The minimum absolute atomic E-state index is 0.0870. The molecule has 0 bridgehead atoms. The predicted octanol–water partition coefficient (Wildman–Crippen LogP) is 2.00. The van der Waals surface area contributed by atoms with Crippen molar-refractivity contribution in [2.24, 2.45) is 5.73 Å². The number of sulfonamides is 1. The SMILES string of the molecule is N[C@@H]1CCCC[C@H]1NS(=O)(=O)c1ccccc1Br. The Morgan fingerprint density at radius 3 is 2.56 bits per heavy atom. The van der Waals surface area contributed by atoms with E-state index in [-0.39, 0.29) is 17.0 Å². The molecule has 1 aliphatic carbocycles. The van der Waals surface area contributed by atoms with Crippen LogP contribution in [-0.2, 0) is 10.0 Å². The maximum absolute atomic E-state index is 12.3. The zero-order valence-corrected chi connectivity index (χ0v) is 12.4. The first kappa shape index (κ1) is 14.0. The van der Waals surface area contributed by atoms with Crippen molar-refractivity contribution in [3.63, 3.8) is 0 Å². The van der Waals surface area contributed by atoms with Crippen LogP contribution in [-0.4, -0.2) is 20.5 Å². The van der Waals surface area contributed by atoms with Gasteiger partial charge in [-0.15, -0.1) is 0 Å². The maximum atomic E-state index is 12.3. The van der Waals surface area contributed by atoms with Gasteiger partial charge in [0.25, 0.3) is 0 Å². The van der Waals surface area contributed by atoms with Crippen molar-refractivity contribution in [2.45, 2.75) is 42.7 Å². The van der Waals surface area contributed by atoms with E-state index in [0.717, 1.165) is 25.7 Å². The Hall–Kier alpha value is -0.430. The fourth-order valence-corrected chi connectivity index (χ4v) is 4.56. The molecule has 1 aromatic rings. The van der Waals surface area contributed by atoms with E-state index in [2.05, 4.69) is 20.7 Å². The minimum Gasteiger partial charge on any atom is -0.326 e. The highest BCUT2D eigenvalue weighted by atomic mass is 79.9. The number of halogens is 1. The average Bonchev–Trinajstić information content (AvgIpc) is 2.32. The van der Waals surface area contributed by atoms with Crippen molar-refractivity contribution in [1.82, 2.24) is 4.72 Å². The molecule has 0 spiro atoms. The lowest BCUT2D eigenvalue weighted by Crippen LogP contribution is -2.49. The summed E-state index contributed by atoms with van der Waals surface area (Å²) in [5.74, 6) is 0. The Kier molecular flexibility index (Phi) is 4.42. The molecule has 0 radical (unpaired) electrons. The van der Waals surface area contributed by atoms with Gasteiger partial charge in [-0.2, -0.15) is 0 Å². The van der Waals surface area contributed by atoms with Crippen molar-refractivity contribution >= 4 is 26.0 Å². The molecule has 0 aliphatic heterocycles. The van der Waals surface area contributed by atoms with Crippen LogP contribution in [0.3, 0.4) is 0 Å². The monoisotopic (exact) mass is 332 g/mol. The topological polar surface area (TPSA) is 72.2 Å². The fourth-order valence-electron chi connectivity index (χ4n) is 2.23. The van der Waals surface area contributed by atoms with Crippen molar-refractivity contribution < 1.29 is 8.42 Å². The van der Waals surface area contributed by atoms with Crippen LogP contribution in [0.25, 0.3) is 0 Å². The van der Waals surface area contributed by atoms with E-state index in [9.17, 15) is 8.42 Å². The van der Waals surface area contributed by atoms with E-state index in [1.54, 1.807) is 24.3 Å². The summed E-state index contributed by atoms with van der Waals surface area (Å²) in [5.41, 5.74) is 5.96. The molecule has 18 heavy (non-hydrogen) atoms. The number of rotatable bonds is 3. The minimum atomic E-state index is -3.50. The summed E-state index contributed by atoms with van der Waals surface area (Å²) in [6.07, 6.45) is 3.79. The van der Waals surface area contributed by atoms with Gasteiger partial charge < -0.3 is 5.73 Å². The van der Waals surface area contributed by atoms with Crippen LogP contribution in [0.2, 0.25) is 0 Å². The number of nitrogens with two attached hydrogens (primary N) is 1. The van der Waals surface area contributed by atoms with Crippen molar-refractivity contribution in [3.05, 3.63) is 28.7 Å². The van der Waals surface area contributed by atoms with Gasteiger partial charge in [-0.1, -0.05) is 25.0 Å². The van der Waals surface area contributed by atoms with Crippen LogP contribution < -0.4 is 10.5 Å². The zero-order chi connectivity index (χ0) is 13.2. The van der Waals surface area contributed by atoms with E-state index >= 15 is 0 Å². The van der Waals surface area contributed by atoms with E-state index in [1.807, 2.05) is 0 Å². The molecule has 0 heterocycles. The zero-order valence-electron chi connectivity index (χ0n) is 9.97. The largest absolute Gasteiger partial charge is 0.326 e. The second kappa shape index (κ2) is 5.69. The van der Waals surface area contributed by atoms with E-state index in [1.165, 1.54) is 0 Å². The van der Waals surface area contributed by atoms with Crippen LogP contribution in [0.1, 0.15) is 25.7 Å². The van der Waals surface area contributed by atoms with Crippen LogP contribution in [0.15, 0.2) is 33.6 Å². The van der Waals surface area contributed by atoms with Crippen LogP contribution >= 0.6 is 15.9 Å². The number of benzene rings is 1. The molecule has 1 aromatic carbocycles. The Morgan fingerprint density at radius 2 is 1.89 bits per heavy atom. The third-order valence-corrected chi connectivity index (χ3v) is 5.75. The quantitative estimate of drug-likeness (QED) is 0.889. The van der Waals surface area contributed by atoms with Gasteiger partial charge in [0, 0.05) is 16.6 Å². The first-order chi connectivity index (χ1) is 8.50. The summed E-state index contributed by atoms with van der Waals surface area (Å²) in [6, 6.07) is 6.55. The molecular formula is C12H17BrN2O2S. The molecule has 2 atom stereocenters. The van der Waals surface area contributed by atoms with E-state index in [4.69, 9.17) is 5.73 Å². The molecule has 100 valence electrons. The van der Waals surface area contributed by atoms with Crippen molar-refractivity contribution in [2.75, 3.05) is 0 Å². The van der Waals surface area contributed by atoms with E-state index < -0.39 is 10.0 Å². The number of hydrogen-bond donors (Lipinski definition) is 2. The molecule has 6 heteroatoms. The second-order valence-corrected chi connectivity index (χ2v) is 7.14. The summed E-state index contributed by atoms with van der Waals surface area (Å²) in [4.78, 5) is 0.266. The highest BCUT2D eigenvalue weighted by Gasteiger charge is 2.27. The van der Waals surface area contributed by atoms with Gasteiger partial charge in [-0.25, -0.2) is 13.1 Å². The van der Waals surface area contributed by atoms with E-state index in [0.29, 0.717) is 4.47 Å². The summed E-state index contributed by atoms with van der Waals surface area (Å²) >= 11 is 3.26. The summed E-state index contributed by atoms with van der Waals surface area (Å²) in [7, 11) is -3.50. The van der Waals surface area contributed by atoms with Crippen molar-refractivity contribution in [3.8, 4) is 0 Å². The molecular weight excluding hydrogens is 316 g/mol. The van der Waals surface area contributed by atoms with Gasteiger partial charge in [-0.3, -0.25) is 0 Å². The fraction of sp³-hybridized carbons (Fsp3) is 0.500. The van der Waals surface area contributed by atoms with Crippen molar-refractivity contribution in [1.29, 1.82) is 0 Å². The second-order valence-electron chi connectivity index (χ2n) is 4.61. The summed E-state index contributed by atoms with van der Waals surface area (Å²) < 4.78 is 27.8. The molecule has 0 unspecified atom stereocenters. The Balaban J connectivity index is 2.19. The molecule has 0 saturated heterocycles. The van der Waals surface area contributed by atoms with Gasteiger partial charge in [0.05, 0.1) is 4.90 Å². The average molecular weight is 333 g/mol. The Bertz CT molecular complexity index is 519. The third kappa shape index (κ3) is 3.12. The molecule has 0 amide bonds.